The minimum absolute atomic E-state index is 0.0900. The van der Waals surface area contributed by atoms with Crippen molar-refractivity contribution in [3.8, 4) is 17.0 Å². The van der Waals surface area contributed by atoms with Gasteiger partial charge in [0, 0.05) is 35.8 Å². The first kappa shape index (κ1) is 25.1. The van der Waals surface area contributed by atoms with E-state index >= 15 is 0 Å². The minimum Gasteiger partial charge on any atom is -0.478 e. The van der Waals surface area contributed by atoms with Crippen molar-refractivity contribution in [3.05, 3.63) is 59.5 Å². The number of carboxylic acid groups (broad SMARTS) is 1. The SMILES string of the molecule is O=C(O)c1ccc(N2CC3CC4C3C2CC2C4[C@H]2OCc2c(-c3ccccc3OC(F)(F)F)noc2C2CC2)nc1. The highest BCUT2D eigenvalue weighted by molar-refractivity contribution is 5.87. The Morgan fingerprint density at radius 1 is 1.10 bits per heavy atom. The third-order valence-electron chi connectivity index (χ3n) is 9.90. The van der Waals surface area contributed by atoms with E-state index in [0.29, 0.717) is 52.6 Å². The number of alkyl halides is 3. The van der Waals surface area contributed by atoms with Gasteiger partial charge < -0.3 is 24.0 Å². The van der Waals surface area contributed by atoms with E-state index in [0.717, 1.165) is 38.0 Å². The van der Waals surface area contributed by atoms with E-state index < -0.39 is 12.3 Å². The van der Waals surface area contributed by atoms with Gasteiger partial charge in [-0.15, -0.1) is 13.2 Å². The predicted molar refractivity (Wildman–Crippen MR) is 138 cm³/mol. The fourth-order valence-corrected chi connectivity index (χ4v) is 7.98. The lowest BCUT2D eigenvalue weighted by molar-refractivity contribution is -0.274. The maximum Gasteiger partial charge on any atom is 0.573 e. The number of nitrogens with zero attached hydrogens (tertiary/aromatic N) is 3. The number of anilines is 1. The van der Waals surface area contributed by atoms with Crippen LogP contribution in [0.1, 0.15) is 53.3 Å². The Labute approximate surface area is 233 Å². The molecule has 1 aromatic carbocycles. The lowest BCUT2D eigenvalue weighted by Crippen LogP contribution is -2.45. The van der Waals surface area contributed by atoms with Gasteiger partial charge in [-0.3, -0.25) is 0 Å². The van der Waals surface area contributed by atoms with Crippen molar-refractivity contribution in [1.29, 1.82) is 0 Å². The monoisotopic (exact) mass is 567 g/mol. The van der Waals surface area contributed by atoms with E-state index in [9.17, 15) is 23.1 Å². The van der Waals surface area contributed by atoms with Gasteiger partial charge in [0.1, 0.15) is 23.0 Å². The first-order chi connectivity index (χ1) is 19.8. The molecule has 1 saturated heterocycles. The molecule has 1 N–H and O–H groups in total. The van der Waals surface area contributed by atoms with Crippen molar-refractivity contribution in [1.82, 2.24) is 10.1 Å². The molecule has 0 radical (unpaired) electrons. The smallest absolute Gasteiger partial charge is 0.478 e. The Balaban J connectivity index is 1.01. The molecular formula is C30H28F3N3O5. The maximum atomic E-state index is 13.1. The highest BCUT2D eigenvalue weighted by Gasteiger charge is 2.69. The zero-order chi connectivity index (χ0) is 28.0. The zero-order valence-electron chi connectivity index (χ0n) is 22.0. The summed E-state index contributed by atoms with van der Waals surface area (Å²) in [5.41, 5.74) is 1.48. The first-order valence-electron chi connectivity index (χ1n) is 14.2. The van der Waals surface area contributed by atoms with Gasteiger partial charge in [0.15, 0.2) is 0 Å². The van der Waals surface area contributed by atoms with Gasteiger partial charge in [-0.25, -0.2) is 9.78 Å². The Kier molecular flexibility index (Phi) is 5.49. The van der Waals surface area contributed by atoms with E-state index in [-0.39, 0.29) is 35.5 Å². The number of aromatic nitrogens is 2. The van der Waals surface area contributed by atoms with Crippen LogP contribution in [0.5, 0.6) is 5.75 Å². The average molecular weight is 568 g/mol. The Hall–Kier alpha value is -3.60. The molecule has 11 heteroatoms. The normalized spacial score (nSPS) is 31.3. The van der Waals surface area contributed by atoms with Crippen molar-refractivity contribution in [3.63, 3.8) is 0 Å². The lowest BCUT2D eigenvalue weighted by Gasteiger charge is -2.46. The third kappa shape index (κ3) is 4.19. The van der Waals surface area contributed by atoms with Crippen LogP contribution in [0.4, 0.5) is 19.0 Å². The molecule has 214 valence electrons. The van der Waals surface area contributed by atoms with Crippen LogP contribution in [-0.2, 0) is 11.3 Å². The highest BCUT2D eigenvalue weighted by atomic mass is 19.4. The molecule has 4 saturated carbocycles. The number of halogens is 3. The number of para-hydroxylation sites is 1. The van der Waals surface area contributed by atoms with Gasteiger partial charge in [-0.05, 0) is 79.5 Å². The van der Waals surface area contributed by atoms with E-state index in [2.05, 4.69) is 19.8 Å². The largest absolute Gasteiger partial charge is 0.573 e. The molecule has 8 rings (SSSR count). The number of hydrogen-bond donors (Lipinski definition) is 1. The second kappa shape index (κ2) is 8.95. The zero-order valence-corrected chi connectivity index (χ0v) is 22.0. The van der Waals surface area contributed by atoms with Gasteiger partial charge in [-0.2, -0.15) is 0 Å². The molecule has 1 aliphatic heterocycles. The van der Waals surface area contributed by atoms with Crippen LogP contribution in [0.25, 0.3) is 11.3 Å². The summed E-state index contributed by atoms with van der Waals surface area (Å²) < 4.78 is 55.9. The van der Waals surface area contributed by atoms with Gasteiger partial charge in [0.25, 0.3) is 0 Å². The van der Waals surface area contributed by atoms with E-state index in [1.54, 1.807) is 18.2 Å². The Bertz CT molecular complexity index is 1500. The second-order valence-electron chi connectivity index (χ2n) is 12.1. The van der Waals surface area contributed by atoms with E-state index in [1.807, 2.05) is 6.07 Å². The quantitative estimate of drug-likeness (QED) is 0.360. The molecule has 3 heterocycles. The predicted octanol–water partition coefficient (Wildman–Crippen LogP) is 5.89. The molecule has 0 amide bonds. The number of fused-ring (bicyclic) bond motifs is 2. The summed E-state index contributed by atoms with van der Waals surface area (Å²) in [7, 11) is 0. The molecule has 5 aliphatic rings. The molecule has 4 aliphatic carbocycles. The molecular weight excluding hydrogens is 539 g/mol. The van der Waals surface area contributed by atoms with Crippen LogP contribution in [0, 0.1) is 29.6 Å². The summed E-state index contributed by atoms with van der Waals surface area (Å²) in [6.45, 7) is 1.18. The number of ether oxygens (including phenoxy) is 2. The average Bonchev–Trinajstić information content (AvgIpc) is 3.81. The number of rotatable bonds is 8. The van der Waals surface area contributed by atoms with Crippen LogP contribution in [0.15, 0.2) is 47.1 Å². The molecule has 2 aromatic heterocycles. The van der Waals surface area contributed by atoms with Crippen LogP contribution in [0.2, 0.25) is 0 Å². The van der Waals surface area contributed by atoms with Crippen LogP contribution in [-0.4, -0.2) is 46.3 Å². The molecule has 3 aromatic rings. The fraction of sp³-hybridized carbons (Fsp3) is 0.500. The third-order valence-corrected chi connectivity index (χ3v) is 9.90. The van der Waals surface area contributed by atoms with Crippen LogP contribution >= 0.6 is 0 Å². The standard InChI is InChI=1S/C30H28F3N3O5/c31-30(32,33)40-22-4-2-1-3-17(22)26-20(27(41-35-26)14-5-6-14)13-39-28-19-10-21-24-16(9-18(24)25(19)28)12-36(21)23-8-7-15(11-34-23)29(37)38/h1-4,7-8,11,14,16,18-19,21,24-25,28H,5-6,9-10,12-13H2,(H,37,38)/t16?,18?,19?,21?,24?,25?,28-/m0/s1. The van der Waals surface area contributed by atoms with Crippen molar-refractivity contribution < 1.29 is 37.1 Å². The number of pyridine rings is 1. The molecule has 0 spiro atoms. The number of aromatic carboxylic acids is 1. The van der Waals surface area contributed by atoms with Crippen LogP contribution in [0.3, 0.4) is 0 Å². The molecule has 6 unspecified atom stereocenters. The van der Waals surface area contributed by atoms with Crippen molar-refractivity contribution in [2.24, 2.45) is 29.6 Å². The summed E-state index contributed by atoms with van der Waals surface area (Å²) in [6.07, 6.45) is 0.758. The van der Waals surface area contributed by atoms with E-state index in [1.165, 1.54) is 18.3 Å². The molecule has 7 atom stereocenters. The number of hydrogen-bond acceptors (Lipinski definition) is 7. The number of benzene rings is 1. The minimum atomic E-state index is -4.82. The fourth-order valence-electron chi connectivity index (χ4n) is 7.98. The molecule has 41 heavy (non-hydrogen) atoms. The maximum absolute atomic E-state index is 13.1. The van der Waals surface area contributed by atoms with Gasteiger partial charge in [0.2, 0.25) is 0 Å². The number of carbonyl (C=O) groups is 1. The molecule has 0 bridgehead atoms. The Morgan fingerprint density at radius 3 is 2.66 bits per heavy atom. The summed E-state index contributed by atoms with van der Waals surface area (Å²) in [5, 5.41) is 13.4. The highest BCUT2D eigenvalue weighted by Crippen LogP contribution is 2.68. The summed E-state index contributed by atoms with van der Waals surface area (Å²) in [6, 6.07) is 9.79. The number of carboxylic acids is 1. The lowest BCUT2D eigenvalue weighted by atomic mass is 9.59. The summed E-state index contributed by atoms with van der Waals surface area (Å²) in [5.74, 6) is 3.14. The second-order valence-corrected chi connectivity index (χ2v) is 12.1. The van der Waals surface area contributed by atoms with Crippen molar-refractivity contribution in [2.45, 2.75) is 56.7 Å². The van der Waals surface area contributed by atoms with E-state index in [4.69, 9.17) is 9.26 Å². The van der Waals surface area contributed by atoms with Crippen LogP contribution < -0.4 is 9.64 Å². The van der Waals surface area contributed by atoms with Crippen molar-refractivity contribution >= 4 is 11.8 Å². The summed E-state index contributed by atoms with van der Waals surface area (Å²) in [4.78, 5) is 18.1. The Morgan fingerprint density at radius 2 is 1.93 bits per heavy atom. The van der Waals surface area contributed by atoms with Crippen molar-refractivity contribution in [2.75, 3.05) is 11.4 Å². The summed E-state index contributed by atoms with van der Waals surface area (Å²) >= 11 is 0. The molecule has 8 nitrogen and oxygen atoms in total. The first-order valence-corrected chi connectivity index (χ1v) is 14.2. The van der Waals surface area contributed by atoms with Gasteiger partial charge in [-0.1, -0.05) is 17.3 Å². The topological polar surface area (TPSA) is 97.9 Å². The van der Waals surface area contributed by atoms with Gasteiger partial charge >= 0.3 is 12.3 Å². The molecule has 5 fully saturated rings. The van der Waals surface area contributed by atoms with Gasteiger partial charge in [0.05, 0.1) is 18.3 Å².